The van der Waals surface area contributed by atoms with Crippen molar-refractivity contribution in [1.82, 2.24) is 26.3 Å². The van der Waals surface area contributed by atoms with E-state index in [2.05, 4.69) is 26.3 Å². The van der Waals surface area contributed by atoms with Crippen LogP contribution in [0.25, 0.3) is 10.9 Å². The summed E-state index contributed by atoms with van der Waals surface area (Å²) >= 11 is 0. The monoisotopic (exact) mass is 665 g/mol. The lowest BCUT2D eigenvalue weighted by molar-refractivity contribution is -0.142. The highest BCUT2D eigenvalue weighted by Crippen LogP contribution is 2.20. The number of carboxylic acid groups (broad SMARTS) is 1. The molecule has 0 unspecified atom stereocenters. The number of aromatic nitrogens is 1. The summed E-state index contributed by atoms with van der Waals surface area (Å²) in [5.41, 5.74) is 13.0. The van der Waals surface area contributed by atoms with Crippen LogP contribution in [-0.4, -0.2) is 80.9 Å². The average Bonchev–Trinajstić information content (AvgIpc) is 3.45. The lowest BCUT2D eigenvalue weighted by atomic mass is 9.96. The molecule has 0 aliphatic carbocycles. The molecule has 0 spiro atoms. The zero-order chi connectivity index (χ0) is 35.5. The number of fused-ring (bicyclic) bond motifs is 1. The highest BCUT2D eigenvalue weighted by Gasteiger charge is 2.33. The Balaban J connectivity index is 1.95. The van der Waals surface area contributed by atoms with Crippen molar-refractivity contribution in [2.75, 3.05) is 0 Å². The van der Waals surface area contributed by atoms with Crippen LogP contribution in [0.3, 0.4) is 0 Å². The van der Waals surface area contributed by atoms with Crippen LogP contribution in [0.15, 0.2) is 54.7 Å². The summed E-state index contributed by atoms with van der Waals surface area (Å²) in [7, 11) is 0. The molecule has 0 saturated heterocycles. The second-order valence-electron chi connectivity index (χ2n) is 11.8. The molecule has 0 bridgehead atoms. The van der Waals surface area contributed by atoms with Crippen molar-refractivity contribution < 1.29 is 39.0 Å². The fourth-order valence-electron chi connectivity index (χ4n) is 4.99. The third-order valence-electron chi connectivity index (χ3n) is 8.02. The molecule has 258 valence electrons. The van der Waals surface area contributed by atoms with Crippen LogP contribution in [0, 0.1) is 5.92 Å². The number of nitrogens with one attached hydrogen (secondary N) is 5. The Morgan fingerprint density at radius 2 is 1.42 bits per heavy atom. The Morgan fingerprint density at radius 1 is 0.812 bits per heavy atom. The van der Waals surface area contributed by atoms with Gasteiger partial charge in [0.05, 0.1) is 12.5 Å². The van der Waals surface area contributed by atoms with Crippen molar-refractivity contribution in [1.29, 1.82) is 0 Å². The van der Waals surface area contributed by atoms with Crippen molar-refractivity contribution in [3.63, 3.8) is 0 Å². The van der Waals surface area contributed by atoms with E-state index in [1.54, 1.807) is 25.3 Å². The van der Waals surface area contributed by atoms with Gasteiger partial charge in [-0.25, -0.2) is 0 Å². The van der Waals surface area contributed by atoms with Gasteiger partial charge in [0.1, 0.15) is 29.9 Å². The van der Waals surface area contributed by atoms with Crippen molar-refractivity contribution >= 4 is 46.4 Å². The zero-order valence-corrected chi connectivity index (χ0v) is 27.0. The number of para-hydroxylation sites is 1. The van der Waals surface area contributed by atoms with E-state index >= 15 is 0 Å². The summed E-state index contributed by atoms with van der Waals surface area (Å²) in [6.45, 7) is 4.83. The van der Waals surface area contributed by atoms with Crippen molar-refractivity contribution in [2.24, 2.45) is 17.4 Å². The number of phenolic OH excluding ortho intramolecular Hbond substituents is 1. The van der Waals surface area contributed by atoms with Gasteiger partial charge in [-0.05, 0) is 42.2 Å². The van der Waals surface area contributed by atoms with Gasteiger partial charge in [0, 0.05) is 29.9 Å². The summed E-state index contributed by atoms with van der Waals surface area (Å²) in [6.07, 6.45) is 1.59. The summed E-state index contributed by atoms with van der Waals surface area (Å²) in [5.74, 6) is -5.52. The number of amides is 5. The SMILES string of the molecule is CC[C@H](C)[C@H](NC(=O)[C@H](Cc1c[nH]c2ccccc12)NC(=O)[C@H](Cc1ccc(O)cc1)NC(=O)[C@@H](N)CC(N)=O)C(=O)N[C@@H](C)C(=O)O. The molecular formula is C33H43N7O8. The Morgan fingerprint density at radius 3 is 2.04 bits per heavy atom. The third kappa shape index (κ3) is 10.3. The molecule has 0 aliphatic rings. The summed E-state index contributed by atoms with van der Waals surface area (Å²) in [6, 6.07) is 7.00. The van der Waals surface area contributed by atoms with E-state index in [9.17, 15) is 39.0 Å². The number of aromatic hydroxyl groups is 1. The topological polar surface area (TPSA) is 259 Å². The fraction of sp³-hybridized carbons (Fsp3) is 0.394. The number of hydrogen-bond acceptors (Lipinski definition) is 8. The largest absolute Gasteiger partial charge is 0.508 e. The quantitative estimate of drug-likeness (QED) is 0.0935. The number of rotatable bonds is 17. The van der Waals surface area contributed by atoms with E-state index in [0.717, 1.165) is 10.9 Å². The lowest BCUT2D eigenvalue weighted by Crippen LogP contribution is -2.60. The van der Waals surface area contributed by atoms with E-state index in [0.29, 0.717) is 17.5 Å². The van der Waals surface area contributed by atoms with Gasteiger partial charge in [-0.15, -0.1) is 0 Å². The molecule has 6 atom stereocenters. The Hall–Kier alpha value is -5.44. The number of benzene rings is 2. The molecule has 15 heteroatoms. The number of phenols is 1. The van der Waals surface area contributed by atoms with Crippen LogP contribution in [0.5, 0.6) is 5.75 Å². The van der Waals surface area contributed by atoms with Gasteiger partial charge in [-0.2, -0.15) is 0 Å². The minimum absolute atomic E-state index is 0.0135. The number of primary amides is 1. The first-order valence-electron chi connectivity index (χ1n) is 15.5. The van der Waals surface area contributed by atoms with Gasteiger partial charge >= 0.3 is 5.97 Å². The minimum atomic E-state index is -1.34. The fourth-order valence-corrected chi connectivity index (χ4v) is 4.99. The smallest absolute Gasteiger partial charge is 0.325 e. The third-order valence-corrected chi connectivity index (χ3v) is 8.02. The van der Waals surface area contributed by atoms with Crippen LogP contribution in [0.4, 0.5) is 0 Å². The van der Waals surface area contributed by atoms with E-state index in [-0.39, 0.29) is 18.6 Å². The highest BCUT2D eigenvalue weighted by molar-refractivity contribution is 5.96. The minimum Gasteiger partial charge on any atom is -0.508 e. The standard InChI is InChI=1S/C33H43N7O8/c1-4-17(2)28(32(46)37-18(3)33(47)48)40-31(45)26(14-20-16-36-24-8-6-5-7-22(20)24)39-30(44)25(13-19-9-11-21(41)12-10-19)38-29(43)23(34)15-27(35)42/h5-12,16-18,23,25-26,28,36,41H,4,13-15,34H2,1-3H3,(H2,35,42)(H,37,46)(H,38,43)(H,39,44)(H,40,45)(H,47,48)/t17-,18-,23-,25-,26-,28-/m0/s1. The molecule has 0 fully saturated rings. The van der Waals surface area contributed by atoms with Crippen molar-refractivity contribution in [2.45, 2.75) is 76.7 Å². The molecule has 0 aliphatic heterocycles. The Labute approximate surface area is 277 Å². The summed E-state index contributed by atoms with van der Waals surface area (Å²) in [4.78, 5) is 79.8. The molecule has 0 radical (unpaired) electrons. The normalized spacial score (nSPS) is 14.8. The van der Waals surface area contributed by atoms with E-state index in [1.165, 1.54) is 19.1 Å². The first kappa shape index (κ1) is 37.0. The molecule has 2 aromatic carbocycles. The summed E-state index contributed by atoms with van der Waals surface area (Å²) in [5, 5.41) is 30.1. The molecule has 11 N–H and O–H groups in total. The maximum absolute atomic E-state index is 13.9. The Kier molecular flexibility index (Phi) is 13.1. The number of aliphatic carboxylic acids is 1. The molecule has 48 heavy (non-hydrogen) atoms. The molecule has 3 aromatic rings. The van der Waals surface area contributed by atoms with Crippen LogP contribution in [0.2, 0.25) is 0 Å². The lowest BCUT2D eigenvalue weighted by Gasteiger charge is -2.28. The number of nitrogens with two attached hydrogens (primary N) is 2. The van der Waals surface area contributed by atoms with Gasteiger partial charge in [-0.3, -0.25) is 28.8 Å². The molecule has 1 aromatic heterocycles. The average molecular weight is 666 g/mol. The summed E-state index contributed by atoms with van der Waals surface area (Å²) < 4.78 is 0. The number of carbonyl (C=O) groups excluding carboxylic acids is 5. The predicted octanol–water partition coefficient (Wildman–Crippen LogP) is -0.0488. The van der Waals surface area contributed by atoms with Gasteiger partial charge in [0.25, 0.3) is 0 Å². The first-order valence-corrected chi connectivity index (χ1v) is 15.5. The molecule has 3 rings (SSSR count). The first-order chi connectivity index (χ1) is 22.7. The van der Waals surface area contributed by atoms with Crippen LogP contribution in [-0.2, 0) is 41.6 Å². The van der Waals surface area contributed by atoms with Crippen LogP contribution in [0.1, 0.15) is 44.7 Å². The maximum atomic E-state index is 13.9. The van der Waals surface area contributed by atoms with Gasteiger partial charge < -0.3 is 47.9 Å². The number of H-pyrrole nitrogens is 1. The maximum Gasteiger partial charge on any atom is 0.325 e. The van der Waals surface area contributed by atoms with Gasteiger partial charge in [0.15, 0.2) is 0 Å². The molecule has 5 amide bonds. The number of carbonyl (C=O) groups is 6. The van der Waals surface area contributed by atoms with Crippen LogP contribution >= 0.6 is 0 Å². The van der Waals surface area contributed by atoms with Gasteiger partial charge in [-0.1, -0.05) is 50.6 Å². The van der Waals surface area contributed by atoms with E-state index in [1.807, 2.05) is 31.2 Å². The molecule has 0 saturated carbocycles. The number of carboxylic acids is 1. The van der Waals surface area contributed by atoms with Gasteiger partial charge in [0.2, 0.25) is 29.5 Å². The number of aromatic amines is 1. The molecule has 1 heterocycles. The second-order valence-corrected chi connectivity index (χ2v) is 11.8. The Bertz CT molecular complexity index is 1620. The number of hydrogen-bond donors (Lipinski definition) is 9. The van der Waals surface area contributed by atoms with Crippen molar-refractivity contribution in [3.05, 3.63) is 65.9 Å². The molecule has 15 nitrogen and oxygen atoms in total. The zero-order valence-electron chi connectivity index (χ0n) is 27.0. The van der Waals surface area contributed by atoms with Crippen molar-refractivity contribution in [3.8, 4) is 5.75 Å². The highest BCUT2D eigenvalue weighted by atomic mass is 16.4. The van der Waals surface area contributed by atoms with Crippen LogP contribution < -0.4 is 32.7 Å². The predicted molar refractivity (Wildman–Crippen MR) is 176 cm³/mol. The second kappa shape index (κ2) is 16.9. The van der Waals surface area contributed by atoms with E-state index in [4.69, 9.17) is 11.5 Å². The molecular weight excluding hydrogens is 622 g/mol. The van der Waals surface area contributed by atoms with E-state index < -0.39 is 78.1 Å².